The van der Waals surface area contributed by atoms with Gasteiger partial charge in [-0.2, -0.15) is 0 Å². The van der Waals surface area contributed by atoms with Gasteiger partial charge in [-0.25, -0.2) is 0 Å². The molecule has 0 aromatic carbocycles. The van der Waals surface area contributed by atoms with Crippen molar-refractivity contribution in [2.24, 2.45) is 5.41 Å². The van der Waals surface area contributed by atoms with E-state index in [0.717, 1.165) is 0 Å². The van der Waals surface area contributed by atoms with Gasteiger partial charge in [-0.1, -0.05) is 19.9 Å². The molecular formula is C12H19NS. The molecule has 78 valence electrons. The Hall–Kier alpha value is -0.340. The predicted molar refractivity (Wildman–Crippen MR) is 62.7 cm³/mol. The third-order valence-corrected chi connectivity index (χ3v) is 4.16. The number of rotatable bonds is 5. The topological polar surface area (TPSA) is 12.0 Å². The molecule has 14 heavy (non-hydrogen) atoms. The van der Waals surface area contributed by atoms with Crippen LogP contribution in [0.4, 0.5) is 0 Å². The van der Waals surface area contributed by atoms with E-state index < -0.39 is 0 Å². The molecule has 0 saturated heterocycles. The minimum Gasteiger partial charge on any atom is -0.309 e. The quantitative estimate of drug-likeness (QED) is 0.781. The molecule has 1 aliphatic carbocycles. The van der Waals surface area contributed by atoms with Crippen molar-refractivity contribution in [3.05, 3.63) is 22.4 Å². The summed E-state index contributed by atoms with van der Waals surface area (Å²) in [6, 6.07) is 4.96. The lowest BCUT2D eigenvalue weighted by Gasteiger charge is -2.18. The van der Waals surface area contributed by atoms with Gasteiger partial charge < -0.3 is 5.32 Å². The van der Waals surface area contributed by atoms with Crippen molar-refractivity contribution in [1.82, 2.24) is 5.32 Å². The first-order valence-electron chi connectivity index (χ1n) is 5.50. The van der Waals surface area contributed by atoms with Gasteiger partial charge in [0.15, 0.2) is 0 Å². The van der Waals surface area contributed by atoms with Crippen LogP contribution in [-0.4, -0.2) is 6.54 Å². The zero-order valence-electron chi connectivity index (χ0n) is 9.05. The van der Waals surface area contributed by atoms with E-state index in [-0.39, 0.29) is 0 Å². The SMILES string of the molecule is CCC(NCC1(C)CC1)c1cccs1. The Bertz CT molecular complexity index is 275. The molecule has 1 aromatic rings. The molecule has 1 N–H and O–H groups in total. The molecule has 0 spiro atoms. The fourth-order valence-corrected chi connectivity index (χ4v) is 2.58. The highest BCUT2D eigenvalue weighted by Crippen LogP contribution is 2.44. The zero-order valence-corrected chi connectivity index (χ0v) is 9.86. The monoisotopic (exact) mass is 209 g/mol. The van der Waals surface area contributed by atoms with Crippen molar-refractivity contribution in [3.63, 3.8) is 0 Å². The second-order valence-corrected chi connectivity index (χ2v) is 5.65. The summed E-state index contributed by atoms with van der Waals surface area (Å²) in [5.74, 6) is 0. The van der Waals surface area contributed by atoms with Gasteiger partial charge in [-0.05, 0) is 36.1 Å². The fourth-order valence-electron chi connectivity index (χ4n) is 1.70. The number of hydrogen-bond donors (Lipinski definition) is 1. The highest BCUT2D eigenvalue weighted by molar-refractivity contribution is 7.10. The second kappa shape index (κ2) is 4.03. The van der Waals surface area contributed by atoms with Crippen molar-refractivity contribution in [2.75, 3.05) is 6.54 Å². The van der Waals surface area contributed by atoms with Crippen LogP contribution in [0, 0.1) is 5.41 Å². The smallest absolute Gasteiger partial charge is 0.0412 e. The van der Waals surface area contributed by atoms with Crippen LogP contribution < -0.4 is 5.32 Å². The normalized spacial score (nSPS) is 20.7. The zero-order chi connectivity index (χ0) is 10.0. The molecule has 1 atom stereocenters. The summed E-state index contributed by atoms with van der Waals surface area (Å²) >= 11 is 1.86. The summed E-state index contributed by atoms with van der Waals surface area (Å²) in [5, 5.41) is 5.85. The van der Waals surface area contributed by atoms with E-state index in [1.807, 2.05) is 11.3 Å². The first-order valence-corrected chi connectivity index (χ1v) is 6.38. The number of thiophene rings is 1. The van der Waals surface area contributed by atoms with Crippen LogP contribution >= 0.6 is 11.3 Å². The molecule has 1 heterocycles. The minimum atomic E-state index is 0.576. The standard InChI is InChI=1S/C12H19NS/c1-3-10(11-5-4-8-14-11)13-9-12(2)6-7-12/h4-5,8,10,13H,3,6-7,9H2,1-2H3. The van der Waals surface area contributed by atoms with Gasteiger partial charge in [0.25, 0.3) is 0 Å². The van der Waals surface area contributed by atoms with Gasteiger partial charge >= 0.3 is 0 Å². The van der Waals surface area contributed by atoms with Crippen LogP contribution in [-0.2, 0) is 0 Å². The lowest BCUT2D eigenvalue weighted by Crippen LogP contribution is -2.26. The van der Waals surface area contributed by atoms with Gasteiger partial charge in [0.1, 0.15) is 0 Å². The Morgan fingerprint density at radius 2 is 2.36 bits per heavy atom. The fraction of sp³-hybridized carbons (Fsp3) is 0.667. The van der Waals surface area contributed by atoms with Crippen molar-refractivity contribution >= 4 is 11.3 Å². The van der Waals surface area contributed by atoms with Gasteiger partial charge in [0.2, 0.25) is 0 Å². The highest BCUT2D eigenvalue weighted by Gasteiger charge is 2.37. The van der Waals surface area contributed by atoms with Gasteiger partial charge in [0, 0.05) is 17.5 Å². The van der Waals surface area contributed by atoms with E-state index in [9.17, 15) is 0 Å². The lowest BCUT2D eigenvalue weighted by molar-refractivity contribution is 0.437. The summed E-state index contributed by atoms with van der Waals surface area (Å²) in [6.07, 6.45) is 4.00. The Balaban J connectivity index is 1.87. The van der Waals surface area contributed by atoms with Crippen LogP contribution in [0.2, 0.25) is 0 Å². The summed E-state index contributed by atoms with van der Waals surface area (Å²) in [4.78, 5) is 1.48. The summed E-state index contributed by atoms with van der Waals surface area (Å²) in [7, 11) is 0. The maximum absolute atomic E-state index is 3.68. The van der Waals surface area contributed by atoms with E-state index in [4.69, 9.17) is 0 Å². The van der Waals surface area contributed by atoms with Crippen LogP contribution in [0.5, 0.6) is 0 Å². The van der Waals surface area contributed by atoms with E-state index in [1.165, 1.54) is 30.7 Å². The minimum absolute atomic E-state index is 0.576. The molecule has 0 bridgehead atoms. The molecule has 1 aromatic heterocycles. The van der Waals surface area contributed by atoms with Crippen molar-refractivity contribution in [2.45, 2.75) is 39.2 Å². The summed E-state index contributed by atoms with van der Waals surface area (Å²) < 4.78 is 0. The van der Waals surface area contributed by atoms with E-state index >= 15 is 0 Å². The average molecular weight is 209 g/mol. The van der Waals surface area contributed by atoms with E-state index in [2.05, 4.69) is 36.7 Å². The predicted octanol–water partition coefficient (Wildman–Crippen LogP) is 3.59. The van der Waals surface area contributed by atoms with Crippen LogP contribution in [0.1, 0.15) is 44.0 Å². The first kappa shape index (κ1) is 10.2. The number of nitrogens with one attached hydrogen (secondary N) is 1. The van der Waals surface area contributed by atoms with Crippen LogP contribution in [0.15, 0.2) is 17.5 Å². The average Bonchev–Trinajstić information content (AvgIpc) is 2.69. The van der Waals surface area contributed by atoms with Crippen LogP contribution in [0.3, 0.4) is 0 Å². The molecule has 1 aliphatic rings. The third-order valence-electron chi connectivity index (χ3n) is 3.17. The maximum atomic E-state index is 3.68. The highest BCUT2D eigenvalue weighted by atomic mass is 32.1. The molecule has 0 aliphatic heterocycles. The Kier molecular flexibility index (Phi) is 2.93. The Morgan fingerprint density at radius 3 is 2.86 bits per heavy atom. The van der Waals surface area contributed by atoms with E-state index in [1.54, 1.807) is 0 Å². The summed E-state index contributed by atoms with van der Waals surface area (Å²) in [6.45, 7) is 5.82. The molecule has 1 saturated carbocycles. The molecule has 0 radical (unpaired) electrons. The van der Waals surface area contributed by atoms with Gasteiger partial charge in [-0.15, -0.1) is 11.3 Å². The molecular weight excluding hydrogens is 190 g/mol. The third kappa shape index (κ3) is 2.37. The Labute approximate surface area is 90.5 Å². The molecule has 2 heteroatoms. The molecule has 1 fully saturated rings. The molecule has 2 rings (SSSR count). The first-order chi connectivity index (χ1) is 6.73. The van der Waals surface area contributed by atoms with Gasteiger partial charge in [-0.3, -0.25) is 0 Å². The molecule has 0 amide bonds. The van der Waals surface area contributed by atoms with Crippen molar-refractivity contribution < 1.29 is 0 Å². The Morgan fingerprint density at radius 1 is 1.57 bits per heavy atom. The lowest BCUT2D eigenvalue weighted by atomic mass is 10.1. The van der Waals surface area contributed by atoms with Crippen molar-refractivity contribution in [1.29, 1.82) is 0 Å². The molecule has 1 unspecified atom stereocenters. The molecule has 1 nitrogen and oxygen atoms in total. The van der Waals surface area contributed by atoms with Crippen molar-refractivity contribution in [3.8, 4) is 0 Å². The summed E-state index contributed by atoms with van der Waals surface area (Å²) in [5.41, 5.74) is 0.616. The van der Waals surface area contributed by atoms with Crippen LogP contribution in [0.25, 0.3) is 0 Å². The second-order valence-electron chi connectivity index (χ2n) is 4.67. The largest absolute Gasteiger partial charge is 0.309 e. The van der Waals surface area contributed by atoms with E-state index in [0.29, 0.717) is 11.5 Å². The maximum Gasteiger partial charge on any atom is 0.0412 e. The number of hydrogen-bond acceptors (Lipinski definition) is 2. The van der Waals surface area contributed by atoms with Gasteiger partial charge in [0.05, 0.1) is 0 Å².